The Morgan fingerprint density at radius 1 is 1.43 bits per heavy atom. The van der Waals surface area contributed by atoms with Crippen LogP contribution in [-0.2, 0) is 0 Å². The van der Waals surface area contributed by atoms with Gasteiger partial charge in [0.05, 0.1) is 0 Å². The van der Waals surface area contributed by atoms with Crippen molar-refractivity contribution in [3.05, 3.63) is 0 Å². The van der Waals surface area contributed by atoms with Gasteiger partial charge >= 0.3 is 6.03 Å². The Hall–Kier alpha value is -0.770. The lowest BCUT2D eigenvalue weighted by molar-refractivity contribution is 0.182. The molecule has 4 heteroatoms. The number of carbonyl (C=O) groups excluding carboxylic acids is 1. The van der Waals surface area contributed by atoms with Crippen LogP contribution in [0.25, 0.3) is 0 Å². The third-order valence-corrected chi connectivity index (χ3v) is 3.34. The number of carbonyl (C=O) groups is 1. The van der Waals surface area contributed by atoms with Crippen LogP contribution >= 0.6 is 0 Å². The quantitative estimate of drug-likeness (QED) is 0.678. The Morgan fingerprint density at radius 3 is 2.71 bits per heavy atom. The molecule has 0 aromatic carbocycles. The van der Waals surface area contributed by atoms with Crippen LogP contribution in [0.15, 0.2) is 0 Å². The van der Waals surface area contributed by atoms with Crippen LogP contribution in [0, 0.1) is 0 Å². The molecule has 1 saturated heterocycles. The molecule has 1 atom stereocenters. The molecule has 1 heterocycles. The summed E-state index contributed by atoms with van der Waals surface area (Å²) in [6.07, 6.45) is 4.65. The van der Waals surface area contributed by atoms with E-state index in [4.69, 9.17) is 0 Å². The van der Waals surface area contributed by atoms with E-state index in [2.05, 4.69) is 10.6 Å². The Balaban J connectivity index is 1.77. The molecule has 4 nitrogen and oxygen atoms in total. The third kappa shape index (κ3) is 2.00. The maximum atomic E-state index is 11.7. The predicted molar refractivity (Wildman–Crippen MR) is 55.2 cm³/mol. The zero-order valence-corrected chi connectivity index (χ0v) is 8.75. The van der Waals surface area contributed by atoms with Crippen LogP contribution in [0.4, 0.5) is 4.79 Å². The highest BCUT2D eigenvalue weighted by Crippen LogP contribution is 2.18. The predicted octanol–water partition coefficient (Wildman–Crippen LogP) is 0.542. The van der Waals surface area contributed by atoms with Crippen molar-refractivity contribution >= 4 is 6.03 Å². The van der Waals surface area contributed by atoms with Crippen molar-refractivity contribution in [2.24, 2.45) is 0 Å². The van der Waals surface area contributed by atoms with Crippen LogP contribution in [0.1, 0.15) is 25.7 Å². The van der Waals surface area contributed by atoms with E-state index in [1.165, 1.54) is 6.42 Å². The van der Waals surface area contributed by atoms with Crippen molar-refractivity contribution in [1.29, 1.82) is 0 Å². The first-order chi connectivity index (χ1) is 6.77. The number of rotatable bonds is 2. The van der Waals surface area contributed by atoms with Gasteiger partial charge in [-0.1, -0.05) is 0 Å². The van der Waals surface area contributed by atoms with Gasteiger partial charge in [-0.15, -0.1) is 0 Å². The molecule has 0 bridgehead atoms. The lowest BCUT2D eigenvalue weighted by Gasteiger charge is -2.31. The average molecular weight is 197 g/mol. The van der Waals surface area contributed by atoms with Crippen LogP contribution in [0.5, 0.6) is 0 Å². The molecule has 1 aliphatic heterocycles. The molecule has 2 N–H and O–H groups in total. The van der Waals surface area contributed by atoms with E-state index >= 15 is 0 Å². The molecule has 14 heavy (non-hydrogen) atoms. The first-order valence-corrected chi connectivity index (χ1v) is 5.51. The topological polar surface area (TPSA) is 44.4 Å². The summed E-state index contributed by atoms with van der Waals surface area (Å²) in [7, 11) is 1.89. The highest BCUT2D eigenvalue weighted by atomic mass is 16.2. The van der Waals surface area contributed by atoms with Crippen LogP contribution < -0.4 is 10.6 Å². The molecular weight excluding hydrogens is 178 g/mol. The van der Waals surface area contributed by atoms with Crippen LogP contribution in [0.2, 0.25) is 0 Å². The fraction of sp³-hybridized carbons (Fsp3) is 0.900. The molecule has 80 valence electrons. The maximum Gasteiger partial charge on any atom is 0.317 e. The summed E-state index contributed by atoms with van der Waals surface area (Å²) in [6, 6.07) is 0.929. The molecule has 1 unspecified atom stereocenters. The van der Waals surface area contributed by atoms with Crippen molar-refractivity contribution < 1.29 is 4.79 Å². The Morgan fingerprint density at radius 2 is 2.21 bits per heavy atom. The van der Waals surface area contributed by atoms with E-state index in [1.54, 1.807) is 0 Å². The van der Waals surface area contributed by atoms with Crippen molar-refractivity contribution in [2.45, 2.75) is 37.8 Å². The van der Waals surface area contributed by atoms with E-state index in [0.29, 0.717) is 12.1 Å². The van der Waals surface area contributed by atoms with E-state index < -0.39 is 0 Å². The van der Waals surface area contributed by atoms with Gasteiger partial charge in [-0.05, 0) is 32.2 Å². The fourth-order valence-electron chi connectivity index (χ4n) is 1.96. The number of likely N-dealkylation sites (N-methyl/N-ethyl adjacent to an activating group) is 1. The second-order valence-electron chi connectivity index (χ2n) is 4.33. The molecule has 1 saturated carbocycles. The molecule has 2 fully saturated rings. The van der Waals surface area contributed by atoms with Crippen molar-refractivity contribution in [3.63, 3.8) is 0 Å². The summed E-state index contributed by atoms with van der Waals surface area (Å²) in [5.41, 5.74) is 0. The first kappa shape index (κ1) is 9.77. The number of urea groups is 1. The number of nitrogens with zero attached hydrogens (tertiary/aromatic N) is 1. The van der Waals surface area contributed by atoms with Gasteiger partial charge in [-0.3, -0.25) is 0 Å². The second-order valence-corrected chi connectivity index (χ2v) is 4.33. The molecule has 0 spiro atoms. The second kappa shape index (κ2) is 4.17. The monoisotopic (exact) mass is 197 g/mol. The molecule has 2 rings (SSSR count). The Bertz CT molecular complexity index is 209. The zero-order valence-electron chi connectivity index (χ0n) is 8.75. The molecular formula is C10H19N3O. The molecule has 0 radical (unpaired) electrons. The minimum Gasteiger partial charge on any atom is -0.335 e. The molecule has 2 aliphatic rings. The molecule has 1 aliphatic carbocycles. The summed E-state index contributed by atoms with van der Waals surface area (Å²) >= 11 is 0. The Kier molecular flexibility index (Phi) is 2.91. The van der Waals surface area contributed by atoms with E-state index in [1.807, 2.05) is 11.9 Å². The minimum atomic E-state index is 0.100. The summed E-state index contributed by atoms with van der Waals surface area (Å²) in [5, 5.41) is 6.32. The number of nitrogens with one attached hydrogen (secondary N) is 2. The number of hydrogen-bond acceptors (Lipinski definition) is 2. The lowest BCUT2D eigenvalue weighted by Crippen LogP contribution is -2.49. The lowest BCUT2D eigenvalue weighted by atomic mass is 9.93. The van der Waals surface area contributed by atoms with Gasteiger partial charge in [0.2, 0.25) is 0 Å². The van der Waals surface area contributed by atoms with Gasteiger partial charge in [-0.2, -0.15) is 0 Å². The summed E-state index contributed by atoms with van der Waals surface area (Å²) in [6.45, 7) is 1.97. The largest absolute Gasteiger partial charge is 0.335 e. The van der Waals surface area contributed by atoms with Crippen molar-refractivity contribution in [2.75, 3.05) is 20.1 Å². The van der Waals surface area contributed by atoms with Crippen molar-refractivity contribution in [3.8, 4) is 0 Å². The highest BCUT2D eigenvalue weighted by molar-refractivity contribution is 5.74. The van der Waals surface area contributed by atoms with Gasteiger partial charge < -0.3 is 15.5 Å². The minimum absolute atomic E-state index is 0.100. The zero-order chi connectivity index (χ0) is 9.97. The van der Waals surface area contributed by atoms with Crippen molar-refractivity contribution in [1.82, 2.24) is 15.5 Å². The normalized spacial score (nSPS) is 27.1. The summed E-state index contributed by atoms with van der Waals surface area (Å²) in [4.78, 5) is 13.6. The van der Waals surface area contributed by atoms with Gasteiger partial charge in [-0.25, -0.2) is 4.79 Å². The van der Waals surface area contributed by atoms with Crippen LogP contribution in [-0.4, -0.2) is 43.2 Å². The van der Waals surface area contributed by atoms with Crippen LogP contribution in [0.3, 0.4) is 0 Å². The number of hydrogen-bond donors (Lipinski definition) is 2. The molecule has 0 aromatic heterocycles. The average Bonchev–Trinajstić information content (AvgIpc) is 2.62. The third-order valence-electron chi connectivity index (χ3n) is 3.34. The first-order valence-electron chi connectivity index (χ1n) is 5.51. The number of amides is 2. The van der Waals surface area contributed by atoms with E-state index in [-0.39, 0.29) is 6.03 Å². The van der Waals surface area contributed by atoms with Gasteiger partial charge in [0.25, 0.3) is 0 Å². The van der Waals surface area contributed by atoms with Gasteiger partial charge in [0.1, 0.15) is 0 Å². The fourth-order valence-corrected chi connectivity index (χ4v) is 1.96. The van der Waals surface area contributed by atoms with E-state index in [0.717, 1.165) is 32.4 Å². The Labute approximate surface area is 85.0 Å². The molecule has 2 amide bonds. The summed E-state index contributed by atoms with van der Waals surface area (Å²) in [5.74, 6) is 0. The molecule has 0 aromatic rings. The smallest absolute Gasteiger partial charge is 0.317 e. The SMILES string of the molecule is CN(C(=O)NC1CCC1)C1CCNC1. The highest BCUT2D eigenvalue weighted by Gasteiger charge is 2.26. The van der Waals surface area contributed by atoms with E-state index in [9.17, 15) is 4.79 Å². The maximum absolute atomic E-state index is 11.7. The van der Waals surface area contributed by atoms with Gasteiger partial charge in [0, 0.05) is 25.7 Å². The standard InChI is InChI=1S/C10H19N3O/c1-13(9-5-6-11-7-9)10(14)12-8-3-2-4-8/h8-9,11H,2-7H2,1H3,(H,12,14). The van der Waals surface area contributed by atoms with Gasteiger partial charge in [0.15, 0.2) is 0 Å². The summed E-state index contributed by atoms with van der Waals surface area (Å²) < 4.78 is 0.